The first-order chi connectivity index (χ1) is 13.6. The molecule has 3 N–H and O–H groups in total. The number of aromatic amines is 1. The molecule has 1 saturated carbocycles. The van der Waals surface area contributed by atoms with Crippen LogP contribution in [0, 0.1) is 0 Å². The molecule has 0 unspecified atom stereocenters. The van der Waals surface area contributed by atoms with Gasteiger partial charge in [0.2, 0.25) is 0 Å². The van der Waals surface area contributed by atoms with Crippen molar-refractivity contribution >= 4 is 22.9 Å². The number of imidazole rings is 1. The molecule has 0 radical (unpaired) electrons. The van der Waals surface area contributed by atoms with Crippen LogP contribution in [0.2, 0.25) is 0 Å². The van der Waals surface area contributed by atoms with Gasteiger partial charge in [-0.25, -0.2) is 4.79 Å². The van der Waals surface area contributed by atoms with E-state index in [1.807, 2.05) is 10.6 Å². The van der Waals surface area contributed by atoms with Crippen molar-refractivity contribution < 1.29 is 14.7 Å². The number of hydrogen-bond donors (Lipinski definition) is 3. The molecule has 1 aliphatic carbocycles. The predicted octanol–water partition coefficient (Wildman–Crippen LogP) is 3.60. The standard InChI is InChI=1S/C21H29N3O4/c25-19(26)10-4-2-1-3-7-13-22-20(27)15-11-12-18-17(14-15)23-21(28)24(18)16-8-5-6-9-16/h11-12,14,16H,1-10,13H2,(H,22,27)(H,23,28)(H,25,26). The van der Waals surface area contributed by atoms with Gasteiger partial charge in [-0.15, -0.1) is 0 Å². The summed E-state index contributed by atoms with van der Waals surface area (Å²) < 4.78 is 1.84. The minimum Gasteiger partial charge on any atom is -0.481 e. The number of hydrogen-bond acceptors (Lipinski definition) is 3. The Hall–Kier alpha value is -2.57. The molecule has 3 rings (SSSR count). The molecule has 0 aliphatic heterocycles. The molecule has 7 heteroatoms. The molecule has 28 heavy (non-hydrogen) atoms. The van der Waals surface area contributed by atoms with Crippen molar-refractivity contribution in [3.8, 4) is 0 Å². The summed E-state index contributed by atoms with van der Waals surface area (Å²) in [5.41, 5.74) is 2.04. The SMILES string of the molecule is O=C(O)CCCCCCCNC(=O)c1ccc2c(c1)[nH]c(=O)n2C1CCCC1. The molecule has 1 aromatic carbocycles. The van der Waals surface area contributed by atoms with E-state index in [9.17, 15) is 14.4 Å². The summed E-state index contributed by atoms with van der Waals surface area (Å²) in [4.78, 5) is 38.0. The van der Waals surface area contributed by atoms with E-state index in [0.29, 0.717) is 24.0 Å². The monoisotopic (exact) mass is 387 g/mol. The maximum absolute atomic E-state index is 12.4. The quantitative estimate of drug-likeness (QED) is 0.542. The van der Waals surface area contributed by atoms with Crippen LogP contribution in [0.25, 0.3) is 11.0 Å². The van der Waals surface area contributed by atoms with E-state index in [4.69, 9.17) is 5.11 Å². The van der Waals surface area contributed by atoms with Gasteiger partial charge in [-0.05, 0) is 43.9 Å². The zero-order valence-electron chi connectivity index (χ0n) is 16.2. The molecule has 1 heterocycles. The van der Waals surface area contributed by atoms with Crippen molar-refractivity contribution in [3.63, 3.8) is 0 Å². The molecule has 152 valence electrons. The normalized spacial score (nSPS) is 14.6. The number of carbonyl (C=O) groups excluding carboxylic acids is 1. The lowest BCUT2D eigenvalue weighted by atomic mass is 10.1. The van der Waals surface area contributed by atoms with Gasteiger partial charge in [0.15, 0.2) is 0 Å². The summed E-state index contributed by atoms with van der Waals surface area (Å²) >= 11 is 0. The summed E-state index contributed by atoms with van der Waals surface area (Å²) in [6.07, 6.45) is 9.04. The van der Waals surface area contributed by atoms with Crippen LogP contribution in [0.15, 0.2) is 23.0 Å². The number of carboxylic acid groups (broad SMARTS) is 1. The van der Waals surface area contributed by atoms with Gasteiger partial charge in [0.25, 0.3) is 5.91 Å². The van der Waals surface area contributed by atoms with E-state index in [0.717, 1.165) is 56.9 Å². The van der Waals surface area contributed by atoms with Crippen molar-refractivity contribution in [3.05, 3.63) is 34.2 Å². The van der Waals surface area contributed by atoms with Crippen LogP contribution in [0.5, 0.6) is 0 Å². The fraction of sp³-hybridized carbons (Fsp3) is 0.571. The Morgan fingerprint density at radius 1 is 1.11 bits per heavy atom. The molecule has 1 fully saturated rings. The number of fused-ring (bicyclic) bond motifs is 1. The second-order valence-electron chi connectivity index (χ2n) is 7.64. The van der Waals surface area contributed by atoms with Gasteiger partial charge >= 0.3 is 11.7 Å². The average Bonchev–Trinajstić information content (AvgIpc) is 3.29. The maximum Gasteiger partial charge on any atom is 0.326 e. The van der Waals surface area contributed by atoms with Gasteiger partial charge < -0.3 is 15.4 Å². The Labute approximate surface area is 164 Å². The Morgan fingerprint density at radius 2 is 1.82 bits per heavy atom. The van der Waals surface area contributed by atoms with E-state index >= 15 is 0 Å². The predicted molar refractivity (Wildman–Crippen MR) is 108 cm³/mol. The third-order valence-corrected chi connectivity index (χ3v) is 5.52. The smallest absolute Gasteiger partial charge is 0.326 e. The van der Waals surface area contributed by atoms with Gasteiger partial charge in [-0.3, -0.25) is 14.2 Å². The molecule has 1 amide bonds. The average molecular weight is 387 g/mol. The summed E-state index contributed by atoms with van der Waals surface area (Å²) in [7, 11) is 0. The minimum atomic E-state index is -0.746. The minimum absolute atomic E-state index is 0.0950. The second-order valence-corrected chi connectivity index (χ2v) is 7.64. The maximum atomic E-state index is 12.4. The lowest BCUT2D eigenvalue weighted by Crippen LogP contribution is -2.24. The van der Waals surface area contributed by atoms with E-state index in [-0.39, 0.29) is 24.1 Å². The topological polar surface area (TPSA) is 104 Å². The summed E-state index contributed by atoms with van der Waals surface area (Å²) in [5, 5.41) is 11.5. The van der Waals surface area contributed by atoms with E-state index in [2.05, 4.69) is 10.3 Å². The molecule has 2 aromatic rings. The highest BCUT2D eigenvalue weighted by Gasteiger charge is 2.21. The van der Waals surface area contributed by atoms with Crippen LogP contribution in [-0.2, 0) is 4.79 Å². The van der Waals surface area contributed by atoms with Crippen LogP contribution in [0.4, 0.5) is 0 Å². The molecule has 0 atom stereocenters. The number of aromatic nitrogens is 2. The highest BCUT2D eigenvalue weighted by atomic mass is 16.4. The highest BCUT2D eigenvalue weighted by Crippen LogP contribution is 2.30. The first-order valence-corrected chi connectivity index (χ1v) is 10.3. The number of nitrogens with one attached hydrogen (secondary N) is 2. The van der Waals surface area contributed by atoms with Gasteiger partial charge in [0, 0.05) is 24.6 Å². The van der Waals surface area contributed by atoms with Crippen LogP contribution in [0.1, 0.15) is 80.6 Å². The number of nitrogens with zero attached hydrogens (tertiary/aromatic N) is 1. The van der Waals surface area contributed by atoms with Crippen LogP contribution >= 0.6 is 0 Å². The van der Waals surface area contributed by atoms with E-state index in [1.54, 1.807) is 12.1 Å². The second kappa shape index (κ2) is 9.57. The van der Waals surface area contributed by atoms with Gasteiger partial charge in [0.05, 0.1) is 11.0 Å². The van der Waals surface area contributed by atoms with Crippen molar-refractivity contribution in [1.29, 1.82) is 0 Å². The van der Waals surface area contributed by atoms with Crippen molar-refractivity contribution in [2.24, 2.45) is 0 Å². The number of carbonyl (C=O) groups is 2. The fourth-order valence-electron chi connectivity index (χ4n) is 4.03. The van der Waals surface area contributed by atoms with Crippen molar-refractivity contribution in [2.45, 2.75) is 70.3 Å². The van der Waals surface area contributed by atoms with Gasteiger partial charge in [-0.1, -0.05) is 32.1 Å². The first-order valence-electron chi connectivity index (χ1n) is 10.3. The Morgan fingerprint density at radius 3 is 2.57 bits per heavy atom. The number of unbranched alkanes of at least 4 members (excludes halogenated alkanes) is 4. The largest absolute Gasteiger partial charge is 0.481 e. The Balaban J connectivity index is 1.49. The lowest BCUT2D eigenvalue weighted by Gasteiger charge is -2.11. The Bertz CT molecular complexity index is 877. The molecular weight excluding hydrogens is 358 g/mol. The van der Waals surface area contributed by atoms with E-state index < -0.39 is 5.97 Å². The number of rotatable bonds is 10. The van der Waals surface area contributed by atoms with Gasteiger partial charge in [0.1, 0.15) is 0 Å². The number of aliphatic carboxylic acids is 1. The van der Waals surface area contributed by atoms with E-state index in [1.165, 1.54) is 0 Å². The first kappa shape index (κ1) is 20.2. The van der Waals surface area contributed by atoms with Crippen molar-refractivity contribution in [1.82, 2.24) is 14.9 Å². The number of amides is 1. The zero-order chi connectivity index (χ0) is 19.9. The molecule has 0 bridgehead atoms. The molecule has 1 aromatic heterocycles. The fourth-order valence-corrected chi connectivity index (χ4v) is 4.03. The molecule has 0 spiro atoms. The highest BCUT2D eigenvalue weighted by molar-refractivity contribution is 5.97. The molecular formula is C21H29N3O4. The summed E-state index contributed by atoms with van der Waals surface area (Å²) in [6.45, 7) is 0.593. The molecule has 0 saturated heterocycles. The van der Waals surface area contributed by atoms with Crippen LogP contribution < -0.4 is 11.0 Å². The number of benzene rings is 1. The van der Waals surface area contributed by atoms with Crippen LogP contribution in [-0.4, -0.2) is 33.1 Å². The summed E-state index contributed by atoms with van der Waals surface area (Å²) in [5.74, 6) is -0.883. The molecule has 7 nitrogen and oxygen atoms in total. The Kier molecular flexibility index (Phi) is 6.90. The number of carboxylic acids is 1. The third-order valence-electron chi connectivity index (χ3n) is 5.52. The van der Waals surface area contributed by atoms with Crippen LogP contribution in [0.3, 0.4) is 0 Å². The summed E-state index contributed by atoms with van der Waals surface area (Å²) in [6, 6.07) is 5.66. The third kappa shape index (κ3) is 5.03. The number of H-pyrrole nitrogens is 1. The molecule has 1 aliphatic rings. The van der Waals surface area contributed by atoms with Crippen molar-refractivity contribution in [2.75, 3.05) is 6.54 Å². The zero-order valence-corrected chi connectivity index (χ0v) is 16.2. The van der Waals surface area contributed by atoms with Gasteiger partial charge in [-0.2, -0.15) is 0 Å². The lowest BCUT2D eigenvalue weighted by molar-refractivity contribution is -0.137.